The summed E-state index contributed by atoms with van der Waals surface area (Å²) < 4.78 is 0. The van der Waals surface area contributed by atoms with Crippen LogP contribution in [0, 0.1) is 6.92 Å². The van der Waals surface area contributed by atoms with Crippen molar-refractivity contribution in [3.8, 4) is 0 Å². The summed E-state index contributed by atoms with van der Waals surface area (Å²) in [5.74, 6) is 0. The predicted octanol–water partition coefficient (Wildman–Crippen LogP) is 4.45. The molecule has 1 atom stereocenters. The zero-order chi connectivity index (χ0) is 13.8. The zero-order valence-electron chi connectivity index (χ0n) is 10.5. The van der Waals surface area contributed by atoms with E-state index in [4.69, 9.17) is 23.2 Å². The summed E-state index contributed by atoms with van der Waals surface area (Å²) in [4.78, 5) is 0. The van der Waals surface area contributed by atoms with Gasteiger partial charge < -0.3 is 10.4 Å². The van der Waals surface area contributed by atoms with Crippen molar-refractivity contribution < 1.29 is 5.11 Å². The van der Waals surface area contributed by atoms with Crippen LogP contribution < -0.4 is 5.32 Å². The summed E-state index contributed by atoms with van der Waals surface area (Å²) in [7, 11) is 0. The smallest absolute Gasteiger partial charge is 0.0976 e. The third-order valence-electron chi connectivity index (χ3n) is 2.87. The number of nitrogens with one attached hydrogen (secondary N) is 1. The monoisotopic (exact) mass is 295 g/mol. The number of aliphatic hydroxyl groups excluding tert-OH is 1. The number of halogens is 2. The topological polar surface area (TPSA) is 32.3 Å². The average Bonchev–Trinajstić information content (AvgIpc) is 2.38. The number of benzene rings is 2. The molecule has 2 aromatic carbocycles. The minimum absolute atomic E-state index is 0.354. The van der Waals surface area contributed by atoms with Crippen LogP contribution >= 0.6 is 23.2 Å². The van der Waals surface area contributed by atoms with E-state index >= 15 is 0 Å². The molecule has 0 amide bonds. The minimum atomic E-state index is -0.675. The van der Waals surface area contributed by atoms with Crippen LogP contribution in [-0.2, 0) is 0 Å². The van der Waals surface area contributed by atoms with E-state index in [0.717, 1.165) is 11.3 Å². The molecule has 0 saturated heterocycles. The lowest BCUT2D eigenvalue weighted by molar-refractivity contribution is 0.192. The number of hydrogen-bond donors (Lipinski definition) is 2. The summed E-state index contributed by atoms with van der Waals surface area (Å²) in [6, 6.07) is 13.0. The summed E-state index contributed by atoms with van der Waals surface area (Å²) >= 11 is 12.2. The van der Waals surface area contributed by atoms with Gasteiger partial charge in [-0.1, -0.05) is 47.5 Å². The van der Waals surface area contributed by atoms with Crippen molar-refractivity contribution in [2.24, 2.45) is 0 Å². The number of anilines is 1. The summed E-state index contributed by atoms with van der Waals surface area (Å²) in [6.07, 6.45) is -0.675. The highest BCUT2D eigenvalue weighted by atomic mass is 35.5. The van der Waals surface area contributed by atoms with Gasteiger partial charge in [0.15, 0.2) is 0 Å². The Bertz CT molecular complexity index is 572. The molecule has 2 aromatic rings. The number of aliphatic hydroxyl groups is 1. The molecule has 0 fully saturated rings. The Morgan fingerprint density at radius 3 is 2.53 bits per heavy atom. The Hall–Kier alpha value is -1.22. The standard InChI is InChI=1S/C15H15Cl2NO/c1-10-6-7-14(13(17)8-10)18-9-15(19)11-4-2-3-5-12(11)16/h2-8,15,18-19H,9H2,1H3. The van der Waals surface area contributed by atoms with Gasteiger partial charge in [0.1, 0.15) is 0 Å². The van der Waals surface area contributed by atoms with Crippen molar-refractivity contribution in [3.05, 3.63) is 63.6 Å². The maximum absolute atomic E-state index is 10.1. The lowest BCUT2D eigenvalue weighted by atomic mass is 10.1. The minimum Gasteiger partial charge on any atom is -0.387 e. The van der Waals surface area contributed by atoms with E-state index < -0.39 is 6.10 Å². The highest BCUT2D eigenvalue weighted by Gasteiger charge is 2.11. The first kappa shape index (κ1) is 14.2. The molecule has 1 unspecified atom stereocenters. The van der Waals surface area contributed by atoms with Crippen LogP contribution in [0.5, 0.6) is 0 Å². The van der Waals surface area contributed by atoms with Crippen molar-refractivity contribution in [2.75, 3.05) is 11.9 Å². The average molecular weight is 296 g/mol. The van der Waals surface area contributed by atoms with Gasteiger partial charge in [-0.15, -0.1) is 0 Å². The molecule has 0 saturated carbocycles. The van der Waals surface area contributed by atoms with Crippen LogP contribution in [0.25, 0.3) is 0 Å². The molecule has 0 spiro atoms. The van der Waals surface area contributed by atoms with Crippen molar-refractivity contribution >= 4 is 28.9 Å². The molecule has 2 N–H and O–H groups in total. The first-order chi connectivity index (χ1) is 9.08. The van der Waals surface area contributed by atoms with Crippen LogP contribution in [0.4, 0.5) is 5.69 Å². The predicted molar refractivity (Wildman–Crippen MR) is 81.1 cm³/mol. The Morgan fingerprint density at radius 2 is 1.84 bits per heavy atom. The Kier molecular flexibility index (Phi) is 4.70. The first-order valence-corrected chi connectivity index (χ1v) is 6.76. The van der Waals surface area contributed by atoms with Crippen LogP contribution in [-0.4, -0.2) is 11.7 Å². The summed E-state index contributed by atoms with van der Waals surface area (Å²) in [5, 5.41) is 14.4. The quantitative estimate of drug-likeness (QED) is 0.873. The molecule has 4 heteroatoms. The molecule has 19 heavy (non-hydrogen) atoms. The van der Waals surface area contributed by atoms with Crippen LogP contribution in [0.15, 0.2) is 42.5 Å². The maximum Gasteiger partial charge on any atom is 0.0976 e. The van der Waals surface area contributed by atoms with Crippen LogP contribution in [0.2, 0.25) is 10.0 Å². The molecule has 0 aromatic heterocycles. The van der Waals surface area contributed by atoms with Crippen molar-refractivity contribution in [2.45, 2.75) is 13.0 Å². The van der Waals surface area contributed by atoms with E-state index in [1.165, 1.54) is 0 Å². The Balaban J connectivity index is 2.04. The Labute approximate surface area is 123 Å². The lowest BCUT2D eigenvalue weighted by Gasteiger charge is -2.15. The van der Waals surface area contributed by atoms with Gasteiger partial charge in [-0.3, -0.25) is 0 Å². The largest absolute Gasteiger partial charge is 0.387 e. The van der Waals surface area contributed by atoms with Gasteiger partial charge in [0, 0.05) is 17.1 Å². The van der Waals surface area contributed by atoms with E-state index in [0.29, 0.717) is 22.2 Å². The molecule has 2 rings (SSSR count). The highest BCUT2D eigenvalue weighted by molar-refractivity contribution is 6.33. The molecule has 0 heterocycles. The normalized spacial score (nSPS) is 12.2. The van der Waals surface area contributed by atoms with E-state index in [2.05, 4.69) is 5.32 Å². The fourth-order valence-corrected chi connectivity index (χ4v) is 2.39. The third kappa shape index (κ3) is 3.63. The van der Waals surface area contributed by atoms with Gasteiger partial charge >= 0.3 is 0 Å². The second-order valence-corrected chi connectivity index (χ2v) is 5.22. The SMILES string of the molecule is Cc1ccc(NCC(O)c2ccccc2Cl)c(Cl)c1. The zero-order valence-corrected chi connectivity index (χ0v) is 12.0. The fourth-order valence-electron chi connectivity index (χ4n) is 1.83. The number of aryl methyl sites for hydroxylation is 1. The van der Waals surface area contributed by atoms with E-state index in [1.807, 2.05) is 43.3 Å². The molecule has 0 bridgehead atoms. The van der Waals surface area contributed by atoms with Crippen LogP contribution in [0.1, 0.15) is 17.2 Å². The van der Waals surface area contributed by atoms with Gasteiger partial charge in [-0.2, -0.15) is 0 Å². The van der Waals surface area contributed by atoms with Crippen molar-refractivity contribution in [3.63, 3.8) is 0 Å². The molecule has 2 nitrogen and oxygen atoms in total. The summed E-state index contributed by atoms with van der Waals surface area (Å²) in [6.45, 7) is 2.33. The maximum atomic E-state index is 10.1. The first-order valence-electron chi connectivity index (χ1n) is 6.00. The molecule has 0 aliphatic rings. The second kappa shape index (κ2) is 6.29. The lowest BCUT2D eigenvalue weighted by Crippen LogP contribution is -2.12. The van der Waals surface area contributed by atoms with E-state index in [-0.39, 0.29) is 0 Å². The second-order valence-electron chi connectivity index (χ2n) is 4.40. The van der Waals surface area contributed by atoms with E-state index in [1.54, 1.807) is 6.07 Å². The third-order valence-corrected chi connectivity index (χ3v) is 3.53. The molecule has 100 valence electrons. The fraction of sp³-hybridized carbons (Fsp3) is 0.200. The number of hydrogen-bond acceptors (Lipinski definition) is 2. The molecule has 0 radical (unpaired) electrons. The van der Waals surface area contributed by atoms with E-state index in [9.17, 15) is 5.11 Å². The molecule has 0 aliphatic carbocycles. The van der Waals surface area contributed by atoms with Gasteiger partial charge in [0.25, 0.3) is 0 Å². The molecule has 0 aliphatic heterocycles. The van der Waals surface area contributed by atoms with Gasteiger partial charge in [0.05, 0.1) is 16.8 Å². The van der Waals surface area contributed by atoms with Gasteiger partial charge in [-0.25, -0.2) is 0 Å². The van der Waals surface area contributed by atoms with Gasteiger partial charge in [-0.05, 0) is 30.7 Å². The van der Waals surface area contributed by atoms with Crippen LogP contribution in [0.3, 0.4) is 0 Å². The Morgan fingerprint density at radius 1 is 1.11 bits per heavy atom. The summed E-state index contributed by atoms with van der Waals surface area (Å²) in [5.41, 5.74) is 2.61. The van der Waals surface area contributed by atoms with Crippen molar-refractivity contribution in [1.29, 1.82) is 0 Å². The van der Waals surface area contributed by atoms with Gasteiger partial charge in [0.2, 0.25) is 0 Å². The molecular weight excluding hydrogens is 281 g/mol. The highest BCUT2D eigenvalue weighted by Crippen LogP contribution is 2.26. The van der Waals surface area contributed by atoms with Crippen molar-refractivity contribution in [1.82, 2.24) is 0 Å². The number of rotatable bonds is 4. The molecular formula is C15H15Cl2NO.